The highest BCUT2D eigenvalue weighted by Gasteiger charge is 2.08. The lowest BCUT2D eigenvalue weighted by Gasteiger charge is -2.16. The second kappa shape index (κ2) is 8.42. The maximum atomic E-state index is 10.7. The van der Waals surface area contributed by atoms with Gasteiger partial charge in [0.2, 0.25) is 0 Å². The molecule has 0 atom stereocenters. The molecule has 0 spiro atoms. The number of carbonyl (C=O) groups excluding carboxylic acids is 1. The van der Waals surface area contributed by atoms with Gasteiger partial charge in [-0.2, -0.15) is 0 Å². The highest BCUT2D eigenvalue weighted by molar-refractivity contribution is 7.96. The summed E-state index contributed by atoms with van der Waals surface area (Å²) in [6.07, 6.45) is 6.91. The summed E-state index contributed by atoms with van der Waals surface area (Å²) < 4.78 is 0. The first-order valence-corrected chi connectivity index (χ1v) is 5.64. The zero-order valence-corrected chi connectivity index (χ0v) is 9.57. The van der Waals surface area contributed by atoms with Gasteiger partial charge in [-0.25, -0.2) is 0 Å². The molecule has 1 amide bonds. The van der Waals surface area contributed by atoms with Crippen LogP contribution in [-0.2, 0) is 0 Å². The number of unbranched alkanes of at least 4 members (excludes halogenated alkanes) is 2. The van der Waals surface area contributed by atoms with Gasteiger partial charge < -0.3 is 5.32 Å². The van der Waals surface area contributed by atoms with E-state index in [0.717, 1.165) is 12.8 Å². The lowest BCUT2D eigenvalue weighted by molar-refractivity contribution is 0.255. The summed E-state index contributed by atoms with van der Waals surface area (Å²) in [5.74, 6) is 0. The van der Waals surface area contributed by atoms with Crippen LogP contribution in [0.25, 0.3) is 0 Å². The van der Waals surface area contributed by atoms with Crippen LogP contribution in [0, 0.1) is 0 Å². The smallest absolute Gasteiger partial charge is 0.276 e. The van der Waals surface area contributed by atoms with Crippen LogP contribution in [0.15, 0.2) is 0 Å². The van der Waals surface area contributed by atoms with Gasteiger partial charge in [-0.15, -0.1) is 0 Å². The molecule has 0 fully saturated rings. The molecular weight excluding hydrogens is 182 g/mol. The number of nitrogens with one attached hydrogen (secondary N) is 1. The second-order valence-corrected chi connectivity index (χ2v) is 3.84. The van der Waals surface area contributed by atoms with Gasteiger partial charge in [0, 0.05) is 6.04 Å². The fourth-order valence-electron chi connectivity index (χ4n) is 1.36. The summed E-state index contributed by atoms with van der Waals surface area (Å²) in [5.41, 5.74) is 0. The zero-order chi connectivity index (χ0) is 10.1. The molecule has 0 aromatic carbocycles. The topological polar surface area (TPSA) is 29.1 Å². The van der Waals surface area contributed by atoms with Crippen LogP contribution in [0.2, 0.25) is 0 Å². The van der Waals surface area contributed by atoms with E-state index in [-0.39, 0.29) is 5.24 Å². The quantitative estimate of drug-likeness (QED) is 0.610. The van der Waals surface area contributed by atoms with Crippen molar-refractivity contribution in [3.63, 3.8) is 0 Å². The molecule has 0 aliphatic rings. The van der Waals surface area contributed by atoms with Gasteiger partial charge in [0.05, 0.1) is 0 Å². The summed E-state index contributed by atoms with van der Waals surface area (Å²) in [6, 6.07) is 0.338. The maximum absolute atomic E-state index is 10.7. The molecule has 0 aliphatic heterocycles. The number of rotatable bonds is 7. The molecule has 0 bridgehead atoms. The van der Waals surface area contributed by atoms with Crippen LogP contribution in [0.5, 0.6) is 0 Å². The fraction of sp³-hybridized carbons (Fsp3) is 0.900. The Morgan fingerprint density at radius 1 is 1.23 bits per heavy atom. The van der Waals surface area contributed by atoms with Crippen molar-refractivity contribution in [2.24, 2.45) is 0 Å². The summed E-state index contributed by atoms with van der Waals surface area (Å²) in [7, 11) is 0. The standard InChI is InChI=1S/C10H21NOS/c1-3-5-7-9(8-6-4-2)11-10(12)13/h9H,3-8H2,1-2H3,(H2,11,12,13). The monoisotopic (exact) mass is 203 g/mol. The Labute approximate surface area is 86.9 Å². The Bertz CT molecular complexity index is 131. The van der Waals surface area contributed by atoms with E-state index in [9.17, 15) is 4.79 Å². The molecule has 0 saturated heterocycles. The minimum absolute atomic E-state index is 0.197. The van der Waals surface area contributed by atoms with E-state index in [1.54, 1.807) is 0 Å². The van der Waals surface area contributed by atoms with Crippen LogP contribution in [0.3, 0.4) is 0 Å². The third kappa shape index (κ3) is 8.16. The van der Waals surface area contributed by atoms with Crippen LogP contribution < -0.4 is 5.32 Å². The van der Waals surface area contributed by atoms with Gasteiger partial charge in [-0.1, -0.05) is 52.2 Å². The number of carbonyl (C=O) groups is 1. The molecular formula is C10H21NOS. The van der Waals surface area contributed by atoms with Crippen LogP contribution in [0.1, 0.15) is 52.4 Å². The van der Waals surface area contributed by atoms with Crippen molar-refractivity contribution < 1.29 is 4.79 Å². The Kier molecular flexibility index (Phi) is 8.30. The molecule has 0 unspecified atom stereocenters. The molecule has 1 N–H and O–H groups in total. The Hall–Kier alpha value is -0.180. The molecule has 0 aromatic heterocycles. The van der Waals surface area contributed by atoms with Gasteiger partial charge in [0.25, 0.3) is 5.24 Å². The fourth-order valence-corrected chi connectivity index (χ4v) is 1.55. The number of hydrogen-bond acceptors (Lipinski definition) is 1. The van der Waals surface area contributed by atoms with Gasteiger partial charge >= 0.3 is 0 Å². The molecule has 0 heterocycles. The van der Waals surface area contributed by atoms with Crippen molar-refractivity contribution in [1.29, 1.82) is 0 Å². The summed E-state index contributed by atoms with van der Waals surface area (Å²) in [4.78, 5) is 10.7. The average Bonchev–Trinajstić information content (AvgIpc) is 2.09. The van der Waals surface area contributed by atoms with Crippen LogP contribution in [-0.4, -0.2) is 11.3 Å². The predicted octanol–water partition coefficient (Wildman–Crippen LogP) is 3.37. The Morgan fingerprint density at radius 2 is 1.69 bits per heavy atom. The van der Waals surface area contributed by atoms with E-state index in [1.165, 1.54) is 25.7 Å². The van der Waals surface area contributed by atoms with Crippen molar-refractivity contribution in [2.75, 3.05) is 0 Å². The normalized spacial score (nSPS) is 10.5. The molecule has 2 nitrogen and oxygen atoms in total. The van der Waals surface area contributed by atoms with Gasteiger partial charge in [-0.3, -0.25) is 4.79 Å². The van der Waals surface area contributed by atoms with Crippen molar-refractivity contribution in [1.82, 2.24) is 5.32 Å². The van der Waals surface area contributed by atoms with Crippen molar-refractivity contribution in [3.05, 3.63) is 0 Å². The molecule has 13 heavy (non-hydrogen) atoms. The molecule has 0 radical (unpaired) electrons. The molecule has 0 aromatic rings. The summed E-state index contributed by atoms with van der Waals surface area (Å²) in [5, 5.41) is 2.68. The SMILES string of the molecule is CCCCC(CCCC)NC(=O)S. The molecule has 3 heteroatoms. The highest BCUT2D eigenvalue weighted by Crippen LogP contribution is 2.08. The van der Waals surface area contributed by atoms with Crippen molar-refractivity contribution in [2.45, 2.75) is 58.4 Å². The van der Waals surface area contributed by atoms with Gasteiger partial charge in [0.1, 0.15) is 0 Å². The van der Waals surface area contributed by atoms with E-state index < -0.39 is 0 Å². The number of amides is 1. The first-order valence-electron chi connectivity index (χ1n) is 5.20. The second-order valence-electron chi connectivity index (χ2n) is 3.43. The molecule has 0 saturated carbocycles. The first kappa shape index (κ1) is 12.8. The van der Waals surface area contributed by atoms with Gasteiger partial charge in [-0.05, 0) is 12.8 Å². The zero-order valence-electron chi connectivity index (χ0n) is 8.68. The van der Waals surface area contributed by atoms with Crippen LogP contribution >= 0.6 is 12.6 Å². The molecule has 0 rings (SSSR count). The Balaban J connectivity index is 3.66. The lowest BCUT2D eigenvalue weighted by atomic mass is 10.0. The lowest BCUT2D eigenvalue weighted by Crippen LogP contribution is -2.31. The minimum Gasteiger partial charge on any atom is -0.344 e. The van der Waals surface area contributed by atoms with Crippen molar-refractivity contribution >= 4 is 17.9 Å². The van der Waals surface area contributed by atoms with E-state index in [0.29, 0.717) is 6.04 Å². The maximum Gasteiger partial charge on any atom is 0.276 e. The summed E-state index contributed by atoms with van der Waals surface area (Å²) in [6.45, 7) is 4.33. The number of thiol groups is 1. The van der Waals surface area contributed by atoms with Gasteiger partial charge in [0.15, 0.2) is 0 Å². The molecule has 78 valence electrons. The van der Waals surface area contributed by atoms with Crippen LogP contribution in [0.4, 0.5) is 4.79 Å². The summed E-state index contributed by atoms with van der Waals surface area (Å²) >= 11 is 3.73. The highest BCUT2D eigenvalue weighted by atomic mass is 32.1. The van der Waals surface area contributed by atoms with E-state index >= 15 is 0 Å². The van der Waals surface area contributed by atoms with E-state index in [4.69, 9.17) is 0 Å². The van der Waals surface area contributed by atoms with E-state index in [2.05, 4.69) is 31.8 Å². The third-order valence-electron chi connectivity index (χ3n) is 2.14. The minimum atomic E-state index is -0.197. The molecule has 0 aliphatic carbocycles. The Morgan fingerprint density at radius 3 is 2.00 bits per heavy atom. The average molecular weight is 203 g/mol. The van der Waals surface area contributed by atoms with Crippen molar-refractivity contribution in [3.8, 4) is 0 Å². The first-order chi connectivity index (χ1) is 6.20. The van der Waals surface area contributed by atoms with E-state index in [1.807, 2.05) is 0 Å². The largest absolute Gasteiger partial charge is 0.344 e. The number of hydrogen-bond donors (Lipinski definition) is 2. The third-order valence-corrected chi connectivity index (χ3v) is 2.27. The predicted molar refractivity (Wildman–Crippen MR) is 60.4 cm³/mol.